The van der Waals surface area contributed by atoms with Crippen LogP contribution < -0.4 is 11.1 Å². The minimum Gasteiger partial charge on any atom is -0.445 e. The molecule has 0 aliphatic rings. The molecule has 0 bridgehead atoms. The van der Waals surface area contributed by atoms with Gasteiger partial charge in [-0.25, -0.2) is 9.59 Å². The Labute approximate surface area is 134 Å². The maximum atomic E-state index is 12.0. The maximum Gasteiger partial charge on any atom is 0.408 e. The Morgan fingerprint density at radius 1 is 1.00 bits per heavy atom. The number of alkyl carbamates (subject to hydrolysis) is 1. The Balaban J connectivity index is 4.55. The molecule has 22 heavy (non-hydrogen) atoms. The second kappa shape index (κ2) is 8.36. The van der Waals surface area contributed by atoms with E-state index in [1.807, 2.05) is 27.7 Å². The normalized spacial score (nSPS) is 14.9. The molecule has 3 N–H and O–H groups in total. The predicted molar refractivity (Wildman–Crippen MR) is 86.1 cm³/mol. The van der Waals surface area contributed by atoms with E-state index >= 15 is 0 Å². The van der Waals surface area contributed by atoms with Gasteiger partial charge in [0.05, 0.1) is 0 Å². The summed E-state index contributed by atoms with van der Waals surface area (Å²) in [5, 5.41) is 2.45. The fraction of sp³-hybridized carbons (Fsp3) is 0.875. The fourth-order valence-corrected chi connectivity index (χ4v) is 2.39. The van der Waals surface area contributed by atoms with Gasteiger partial charge < -0.3 is 14.8 Å². The highest BCUT2D eigenvalue weighted by molar-refractivity contribution is 5.81. The molecule has 6 heteroatoms. The molecule has 1 amide bonds. The zero-order valence-corrected chi connectivity index (χ0v) is 15.1. The molecular formula is C16H32N2O4. The second-order valence-corrected chi connectivity index (χ2v) is 7.33. The van der Waals surface area contributed by atoms with Gasteiger partial charge in [-0.2, -0.15) is 0 Å². The number of rotatable bonds is 6. The maximum absolute atomic E-state index is 12.0. The van der Waals surface area contributed by atoms with Crippen molar-refractivity contribution in [1.29, 1.82) is 0 Å². The largest absolute Gasteiger partial charge is 0.445 e. The Morgan fingerprint density at radius 2 is 1.45 bits per heavy atom. The number of ether oxygens (including phenoxy) is 2. The van der Waals surface area contributed by atoms with Crippen LogP contribution in [0, 0.1) is 17.8 Å². The van der Waals surface area contributed by atoms with E-state index < -0.39 is 29.9 Å². The first-order valence-corrected chi connectivity index (χ1v) is 7.80. The van der Waals surface area contributed by atoms with Gasteiger partial charge in [0.2, 0.25) is 0 Å². The van der Waals surface area contributed by atoms with Gasteiger partial charge in [-0.1, -0.05) is 27.7 Å². The van der Waals surface area contributed by atoms with Crippen molar-refractivity contribution < 1.29 is 19.1 Å². The number of hydrogen-bond acceptors (Lipinski definition) is 5. The van der Waals surface area contributed by atoms with Crippen molar-refractivity contribution in [3.63, 3.8) is 0 Å². The van der Waals surface area contributed by atoms with Gasteiger partial charge in [-0.15, -0.1) is 0 Å². The van der Waals surface area contributed by atoms with Crippen molar-refractivity contribution >= 4 is 12.1 Å². The molecule has 0 spiro atoms. The molecule has 0 saturated carbocycles. The van der Waals surface area contributed by atoms with Gasteiger partial charge in [0.25, 0.3) is 0 Å². The van der Waals surface area contributed by atoms with Gasteiger partial charge in [-0.05, 0) is 39.5 Å². The van der Waals surface area contributed by atoms with Crippen molar-refractivity contribution in [1.82, 2.24) is 5.32 Å². The fourth-order valence-electron chi connectivity index (χ4n) is 2.39. The van der Waals surface area contributed by atoms with Gasteiger partial charge >= 0.3 is 12.1 Å². The van der Waals surface area contributed by atoms with E-state index in [4.69, 9.17) is 15.2 Å². The smallest absolute Gasteiger partial charge is 0.408 e. The Morgan fingerprint density at radius 3 is 1.82 bits per heavy atom. The Hall–Kier alpha value is -1.30. The molecule has 130 valence electrons. The molecule has 6 nitrogen and oxygen atoms in total. The lowest BCUT2D eigenvalue weighted by atomic mass is 9.84. The molecule has 0 aliphatic carbocycles. The number of carbonyl (C=O) groups excluding carboxylic acids is 2. The van der Waals surface area contributed by atoms with Crippen LogP contribution in [0.5, 0.6) is 0 Å². The van der Waals surface area contributed by atoms with Crippen LogP contribution in [0.3, 0.4) is 0 Å². The molecule has 0 aromatic carbocycles. The number of amides is 1. The number of esters is 1. The van der Waals surface area contributed by atoms with E-state index in [9.17, 15) is 9.59 Å². The summed E-state index contributed by atoms with van der Waals surface area (Å²) in [6, 6.07) is -0.819. The summed E-state index contributed by atoms with van der Waals surface area (Å²) < 4.78 is 10.4. The highest BCUT2D eigenvalue weighted by Gasteiger charge is 2.30. The third-order valence-electron chi connectivity index (χ3n) is 3.26. The summed E-state index contributed by atoms with van der Waals surface area (Å²) in [4.78, 5) is 23.7. The lowest BCUT2D eigenvalue weighted by Gasteiger charge is -2.31. The summed E-state index contributed by atoms with van der Waals surface area (Å²) in [7, 11) is 0. The third-order valence-corrected chi connectivity index (χ3v) is 3.26. The monoisotopic (exact) mass is 316 g/mol. The van der Waals surface area contributed by atoms with Crippen molar-refractivity contribution in [2.45, 2.75) is 73.3 Å². The Kier molecular flexibility index (Phi) is 7.87. The van der Waals surface area contributed by atoms with E-state index in [1.165, 1.54) is 0 Å². The quantitative estimate of drug-likeness (QED) is 0.580. The van der Waals surface area contributed by atoms with E-state index in [1.54, 1.807) is 27.7 Å². The zero-order chi connectivity index (χ0) is 17.7. The van der Waals surface area contributed by atoms with Crippen LogP contribution in [0.2, 0.25) is 0 Å². The molecule has 0 heterocycles. The highest BCUT2D eigenvalue weighted by Crippen LogP contribution is 2.24. The SMILES string of the molecule is CC(C)C(C(C)C)C(N)OC(=O)[C@H](C)NC(=O)OC(C)(C)C. The van der Waals surface area contributed by atoms with E-state index in [2.05, 4.69) is 5.32 Å². The summed E-state index contributed by atoms with van der Waals surface area (Å²) in [5.41, 5.74) is 5.38. The molecule has 2 atom stereocenters. The third kappa shape index (κ3) is 7.64. The predicted octanol–water partition coefficient (Wildman–Crippen LogP) is 2.66. The average Bonchev–Trinajstić information content (AvgIpc) is 2.24. The van der Waals surface area contributed by atoms with Gasteiger partial charge in [0, 0.05) is 5.92 Å². The number of nitrogens with one attached hydrogen (secondary N) is 1. The molecule has 0 saturated heterocycles. The number of nitrogens with two attached hydrogens (primary N) is 1. The molecule has 0 aliphatic heterocycles. The van der Waals surface area contributed by atoms with Crippen LogP contribution >= 0.6 is 0 Å². The molecule has 0 radical (unpaired) electrons. The summed E-state index contributed by atoms with van der Waals surface area (Å²) >= 11 is 0. The van der Waals surface area contributed by atoms with Crippen LogP contribution in [0.25, 0.3) is 0 Å². The topological polar surface area (TPSA) is 90.6 Å². The first-order valence-electron chi connectivity index (χ1n) is 7.80. The standard InChI is InChI=1S/C16H32N2O4/c1-9(2)12(10(3)4)13(17)21-14(19)11(5)18-15(20)22-16(6,7)8/h9-13H,17H2,1-8H3,(H,18,20)/t11-,13?/m0/s1. The molecule has 1 unspecified atom stereocenters. The minimum atomic E-state index is -0.819. The van der Waals surface area contributed by atoms with Crippen LogP contribution in [0.15, 0.2) is 0 Å². The lowest BCUT2D eigenvalue weighted by molar-refractivity contribution is -0.155. The lowest BCUT2D eigenvalue weighted by Crippen LogP contribution is -2.47. The number of carbonyl (C=O) groups is 2. The van der Waals surface area contributed by atoms with Crippen molar-refractivity contribution in [2.24, 2.45) is 23.5 Å². The van der Waals surface area contributed by atoms with E-state index in [0.717, 1.165) is 0 Å². The molecule has 0 aromatic heterocycles. The summed E-state index contributed by atoms with van der Waals surface area (Å²) in [5.74, 6) is 0.0659. The van der Waals surface area contributed by atoms with E-state index in [0.29, 0.717) is 0 Å². The zero-order valence-electron chi connectivity index (χ0n) is 15.1. The second-order valence-electron chi connectivity index (χ2n) is 7.33. The first-order chi connectivity index (χ1) is 9.85. The van der Waals surface area contributed by atoms with Crippen LogP contribution in [0.1, 0.15) is 55.4 Å². The minimum absolute atomic E-state index is 0.0534. The van der Waals surface area contributed by atoms with Crippen molar-refractivity contribution in [3.05, 3.63) is 0 Å². The van der Waals surface area contributed by atoms with Gasteiger partial charge in [0.1, 0.15) is 11.6 Å². The molecule has 0 fully saturated rings. The van der Waals surface area contributed by atoms with Crippen molar-refractivity contribution in [2.75, 3.05) is 0 Å². The van der Waals surface area contributed by atoms with E-state index in [-0.39, 0.29) is 17.8 Å². The average molecular weight is 316 g/mol. The first kappa shape index (κ1) is 20.7. The van der Waals surface area contributed by atoms with Crippen LogP contribution in [-0.2, 0) is 14.3 Å². The highest BCUT2D eigenvalue weighted by atomic mass is 16.6. The summed E-state index contributed by atoms with van der Waals surface area (Å²) in [6.07, 6.45) is -1.36. The van der Waals surface area contributed by atoms with Crippen LogP contribution in [-0.4, -0.2) is 29.9 Å². The van der Waals surface area contributed by atoms with Gasteiger partial charge in [-0.3, -0.25) is 5.73 Å². The Bertz CT molecular complexity index is 367. The molecule has 0 rings (SSSR count). The molecular weight excluding hydrogens is 284 g/mol. The van der Waals surface area contributed by atoms with Gasteiger partial charge in [0.15, 0.2) is 6.23 Å². The number of hydrogen-bond donors (Lipinski definition) is 2. The summed E-state index contributed by atoms with van der Waals surface area (Å²) in [6.45, 7) is 15.0. The van der Waals surface area contributed by atoms with Crippen molar-refractivity contribution in [3.8, 4) is 0 Å². The molecule has 0 aromatic rings. The van der Waals surface area contributed by atoms with Crippen LogP contribution in [0.4, 0.5) is 4.79 Å².